The summed E-state index contributed by atoms with van der Waals surface area (Å²) < 4.78 is 0. The Bertz CT molecular complexity index is 322. The van der Waals surface area contributed by atoms with E-state index in [0.717, 1.165) is 5.56 Å². The Hall–Kier alpha value is -1.84. The summed E-state index contributed by atoms with van der Waals surface area (Å²) in [6.45, 7) is 0. The first-order valence-electron chi connectivity index (χ1n) is 3.98. The zero-order valence-corrected chi connectivity index (χ0v) is 6.96. The number of aromatic nitrogens is 4. The van der Waals surface area contributed by atoms with Crippen molar-refractivity contribution in [2.75, 3.05) is 0 Å². The molecule has 1 heterocycles. The van der Waals surface area contributed by atoms with Crippen LogP contribution in [-0.2, 0) is 6.42 Å². The van der Waals surface area contributed by atoms with Gasteiger partial charge in [-0.1, -0.05) is 30.3 Å². The molecule has 0 fully saturated rings. The van der Waals surface area contributed by atoms with E-state index in [4.69, 9.17) is 0 Å². The van der Waals surface area contributed by atoms with Gasteiger partial charge in [0.25, 0.3) is 0 Å². The van der Waals surface area contributed by atoms with E-state index in [1.165, 1.54) is 6.33 Å². The lowest BCUT2D eigenvalue weighted by Crippen LogP contribution is -1.99. The van der Waals surface area contributed by atoms with Crippen molar-refractivity contribution in [3.63, 3.8) is 0 Å². The second-order valence-corrected chi connectivity index (χ2v) is 2.63. The van der Waals surface area contributed by atoms with Crippen LogP contribution in [0.1, 0.15) is 11.4 Å². The zero-order chi connectivity index (χ0) is 8.93. The van der Waals surface area contributed by atoms with Crippen LogP contribution >= 0.6 is 0 Å². The fourth-order valence-electron chi connectivity index (χ4n) is 1.08. The summed E-state index contributed by atoms with van der Waals surface area (Å²) in [6, 6.07) is 10.00. The second kappa shape index (κ2) is 3.71. The van der Waals surface area contributed by atoms with Crippen molar-refractivity contribution >= 4 is 0 Å². The van der Waals surface area contributed by atoms with Crippen LogP contribution in [-0.4, -0.2) is 20.4 Å². The summed E-state index contributed by atoms with van der Waals surface area (Å²) in [5.74, 6) is 0.647. The largest absolute Gasteiger partial charge is 0.177 e. The molecule has 0 N–H and O–H groups in total. The topological polar surface area (TPSA) is 51.6 Å². The van der Waals surface area contributed by atoms with Crippen molar-refractivity contribution in [2.45, 2.75) is 6.42 Å². The smallest absolute Gasteiger partial charge is 0.135 e. The SMILES string of the molecule is c1ccc(Cc2nncnn2)cc1. The van der Waals surface area contributed by atoms with Crippen molar-refractivity contribution in [3.8, 4) is 0 Å². The van der Waals surface area contributed by atoms with E-state index in [0.29, 0.717) is 12.2 Å². The molecule has 1 aromatic heterocycles. The molecule has 0 aliphatic rings. The predicted octanol–water partition coefficient (Wildman–Crippen LogP) is 0.857. The van der Waals surface area contributed by atoms with Gasteiger partial charge in [0, 0.05) is 6.42 Å². The minimum atomic E-state index is 0.647. The minimum Gasteiger partial charge on any atom is -0.135 e. The van der Waals surface area contributed by atoms with Crippen molar-refractivity contribution in [1.29, 1.82) is 0 Å². The fourth-order valence-corrected chi connectivity index (χ4v) is 1.08. The van der Waals surface area contributed by atoms with E-state index in [9.17, 15) is 0 Å². The van der Waals surface area contributed by atoms with Crippen LogP contribution in [0.2, 0.25) is 0 Å². The van der Waals surface area contributed by atoms with Crippen LogP contribution in [0.25, 0.3) is 0 Å². The van der Waals surface area contributed by atoms with E-state index < -0.39 is 0 Å². The lowest BCUT2D eigenvalue weighted by Gasteiger charge is -1.96. The molecule has 0 atom stereocenters. The van der Waals surface area contributed by atoms with E-state index in [1.54, 1.807) is 0 Å². The number of hydrogen-bond acceptors (Lipinski definition) is 4. The molecule has 1 aromatic carbocycles. The molecule has 2 rings (SSSR count). The summed E-state index contributed by atoms with van der Waals surface area (Å²) in [5, 5.41) is 15.0. The molecule has 2 aromatic rings. The highest BCUT2D eigenvalue weighted by Gasteiger charge is 1.97. The molecule has 13 heavy (non-hydrogen) atoms. The summed E-state index contributed by atoms with van der Waals surface area (Å²) in [5.41, 5.74) is 1.16. The van der Waals surface area contributed by atoms with Gasteiger partial charge in [0.1, 0.15) is 0 Å². The van der Waals surface area contributed by atoms with Gasteiger partial charge < -0.3 is 0 Å². The number of hydrogen-bond donors (Lipinski definition) is 0. The maximum Gasteiger partial charge on any atom is 0.177 e. The highest BCUT2D eigenvalue weighted by atomic mass is 15.3. The molecule has 4 heteroatoms. The van der Waals surface area contributed by atoms with Crippen LogP contribution in [0.4, 0.5) is 0 Å². The summed E-state index contributed by atoms with van der Waals surface area (Å²) >= 11 is 0. The Morgan fingerprint density at radius 3 is 2.31 bits per heavy atom. The number of nitrogens with zero attached hydrogens (tertiary/aromatic N) is 4. The third kappa shape index (κ3) is 2.05. The van der Waals surface area contributed by atoms with Crippen LogP contribution in [0.5, 0.6) is 0 Å². The Kier molecular flexibility index (Phi) is 2.22. The van der Waals surface area contributed by atoms with Gasteiger partial charge in [-0.05, 0) is 5.56 Å². The lowest BCUT2D eigenvalue weighted by molar-refractivity contribution is 0.777. The predicted molar refractivity (Wildman–Crippen MR) is 46.9 cm³/mol. The quantitative estimate of drug-likeness (QED) is 0.674. The fraction of sp³-hybridized carbons (Fsp3) is 0.111. The molecule has 4 nitrogen and oxygen atoms in total. The highest BCUT2D eigenvalue weighted by Crippen LogP contribution is 2.02. The van der Waals surface area contributed by atoms with Crippen molar-refractivity contribution < 1.29 is 0 Å². The Morgan fingerprint density at radius 1 is 0.923 bits per heavy atom. The molecular formula is C9H8N4. The molecule has 0 unspecified atom stereocenters. The van der Waals surface area contributed by atoms with Crippen LogP contribution in [0, 0.1) is 0 Å². The number of benzene rings is 1. The first kappa shape index (κ1) is 7.79. The van der Waals surface area contributed by atoms with E-state index in [-0.39, 0.29) is 0 Å². The number of rotatable bonds is 2. The maximum absolute atomic E-state index is 3.85. The lowest BCUT2D eigenvalue weighted by atomic mass is 10.1. The zero-order valence-electron chi connectivity index (χ0n) is 6.96. The molecule has 0 saturated heterocycles. The molecule has 0 aliphatic heterocycles. The molecule has 0 saturated carbocycles. The third-order valence-corrected chi connectivity index (χ3v) is 1.65. The van der Waals surface area contributed by atoms with Crippen molar-refractivity contribution in [3.05, 3.63) is 48.0 Å². The van der Waals surface area contributed by atoms with Crippen molar-refractivity contribution in [2.24, 2.45) is 0 Å². The molecule has 0 aliphatic carbocycles. The maximum atomic E-state index is 3.85. The van der Waals surface area contributed by atoms with Crippen LogP contribution < -0.4 is 0 Å². The summed E-state index contributed by atoms with van der Waals surface area (Å²) in [7, 11) is 0. The molecule has 0 spiro atoms. The van der Waals surface area contributed by atoms with Gasteiger partial charge >= 0.3 is 0 Å². The molecule has 0 radical (unpaired) electrons. The van der Waals surface area contributed by atoms with E-state index in [2.05, 4.69) is 20.4 Å². The normalized spacial score (nSPS) is 9.85. The van der Waals surface area contributed by atoms with Crippen molar-refractivity contribution in [1.82, 2.24) is 20.4 Å². The van der Waals surface area contributed by atoms with Gasteiger partial charge in [-0.25, -0.2) is 0 Å². The van der Waals surface area contributed by atoms with Gasteiger partial charge in [-0.15, -0.1) is 20.4 Å². The van der Waals surface area contributed by atoms with E-state index >= 15 is 0 Å². The molecule has 0 bridgehead atoms. The van der Waals surface area contributed by atoms with Gasteiger partial charge in [-0.3, -0.25) is 0 Å². The second-order valence-electron chi connectivity index (χ2n) is 2.63. The average molecular weight is 172 g/mol. The summed E-state index contributed by atoms with van der Waals surface area (Å²) in [6.07, 6.45) is 2.01. The Morgan fingerprint density at radius 2 is 1.62 bits per heavy atom. The third-order valence-electron chi connectivity index (χ3n) is 1.65. The van der Waals surface area contributed by atoms with E-state index in [1.807, 2.05) is 30.3 Å². The molecule has 0 amide bonds. The monoisotopic (exact) mass is 172 g/mol. The standard InChI is InChI=1S/C9H8N4/c1-2-4-8(5-3-1)6-9-12-10-7-11-13-9/h1-5,7H,6H2. The first-order valence-corrected chi connectivity index (χ1v) is 3.98. The van der Waals surface area contributed by atoms with Gasteiger partial charge in [0.2, 0.25) is 0 Å². The Balaban J connectivity index is 2.16. The van der Waals surface area contributed by atoms with Crippen LogP contribution in [0.15, 0.2) is 36.7 Å². The first-order chi connectivity index (χ1) is 6.45. The minimum absolute atomic E-state index is 0.647. The van der Waals surface area contributed by atoms with Gasteiger partial charge in [0.15, 0.2) is 12.2 Å². The molecule has 64 valence electrons. The highest BCUT2D eigenvalue weighted by molar-refractivity contribution is 5.17. The summed E-state index contributed by atoms with van der Waals surface area (Å²) in [4.78, 5) is 0. The molecular weight excluding hydrogens is 164 g/mol. The average Bonchev–Trinajstić information content (AvgIpc) is 2.21. The Labute approximate surface area is 75.7 Å². The van der Waals surface area contributed by atoms with Crippen LogP contribution in [0.3, 0.4) is 0 Å². The van der Waals surface area contributed by atoms with Gasteiger partial charge in [-0.2, -0.15) is 0 Å². The van der Waals surface area contributed by atoms with Gasteiger partial charge in [0.05, 0.1) is 0 Å².